The molecular formula is C20H20N2O3. The number of carbonyl (C=O) groups excluding carboxylic acids is 1. The van der Waals surface area contributed by atoms with E-state index < -0.39 is 12.1 Å². The molecule has 3 aromatic rings. The Morgan fingerprint density at radius 2 is 1.76 bits per heavy atom. The van der Waals surface area contributed by atoms with Crippen LogP contribution in [0.25, 0.3) is 10.8 Å². The van der Waals surface area contributed by atoms with Crippen LogP contribution in [-0.2, 0) is 6.61 Å². The number of primary amides is 1. The van der Waals surface area contributed by atoms with Gasteiger partial charge in [0.25, 0.3) is 0 Å². The van der Waals surface area contributed by atoms with Crippen LogP contribution in [0.5, 0.6) is 5.75 Å². The van der Waals surface area contributed by atoms with Gasteiger partial charge in [0.1, 0.15) is 12.4 Å². The lowest BCUT2D eigenvalue weighted by Gasteiger charge is -2.21. The van der Waals surface area contributed by atoms with Crippen LogP contribution in [0.4, 0.5) is 4.79 Å². The average Bonchev–Trinajstić information content (AvgIpc) is 2.65. The maximum Gasteiger partial charge on any atom is 0.339 e. The zero-order valence-corrected chi connectivity index (χ0v) is 13.9. The Kier molecular flexibility index (Phi) is 4.86. The van der Waals surface area contributed by atoms with E-state index in [0.29, 0.717) is 11.7 Å². The number of ether oxygens (including phenoxy) is 1. The predicted octanol–water partition coefficient (Wildman–Crippen LogP) is 4.25. The number of hydrogen-bond acceptors (Lipinski definition) is 3. The second-order valence-corrected chi connectivity index (χ2v) is 5.90. The number of nitrogens with two attached hydrogens (primary N) is 1. The van der Waals surface area contributed by atoms with Crippen molar-refractivity contribution in [3.63, 3.8) is 0 Å². The van der Waals surface area contributed by atoms with Gasteiger partial charge in [-0.25, -0.2) is 4.79 Å². The fourth-order valence-electron chi connectivity index (χ4n) is 2.66. The van der Waals surface area contributed by atoms with E-state index >= 15 is 0 Å². The summed E-state index contributed by atoms with van der Waals surface area (Å²) in [5.41, 5.74) is 7.02. The van der Waals surface area contributed by atoms with Gasteiger partial charge in [-0.1, -0.05) is 48.5 Å². The van der Waals surface area contributed by atoms with Crippen LogP contribution >= 0.6 is 0 Å². The number of urea groups is 1. The summed E-state index contributed by atoms with van der Waals surface area (Å²) in [6.45, 7) is 2.23. The highest BCUT2D eigenvalue weighted by Gasteiger charge is 2.17. The van der Waals surface area contributed by atoms with Gasteiger partial charge in [-0.2, -0.15) is 5.06 Å². The van der Waals surface area contributed by atoms with Crippen LogP contribution in [0, 0.1) is 0 Å². The van der Waals surface area contributed by atoms with E-state index in [0.717, 1.165) is 27.6 Å². The largest absolute Gasteiger partial charge is 0.489 e. The van der Waals surface area contributed by atoms with Crippen molar-refractivity contribution in [2.45, 2.75) is 19.6 Å². The maximum absolute atomic E-state index is 11.1. The van der Waals surface area contributed by atoms with Gasteiger partial charge in [-0.15, -0.1) is 0 Å². The lowest BCUT2D eigenvalue weighted by molar-refractivity contribution is -0.0709. The van der Waals surface area contributed by atoms with E-state index in [4.69, 9.17) is 10.5 Å². The van der Waals surface area contributed by atoms with Crippen molar-refractivity contribution in [2.24, 2.45) is 5.73 Å². The Bertz CT molecular complexity index is 881. The Labute approximate surface area is 146 Å². The van der Waals surface area contributed by atoms with E-state index in [9.17, 15) is 10.0 Å². The molecule has 0 bridgehead atoms. The van der Waals surface area contributed by atoms with Gasteiger partial charge < -0.3 is 10.5 Å². The summed E-state index contributed by atoms with van der Waals surface area (Å²) in [6.07, 6.45) is 0. The highest BCUT2D eigenvalue weighted by atomic mass is 16.5. The quantitative estimate of drug-likeness (QED) is 0.540. The minimum Gasteiger partial charge on any atom is -0.489 e. The number of amides is 2. The summed E-state index contributed by atoms with van der Waals surface area (Å²) in [4.78, 5) is 11.1. The zero-order chi connectivity index (χ0) is 17.8. The Balaban J connectivity index is 1.78. The van der Waals surface area contributed by atoms with Crippen LogP contribution in [0.1, 0.15) is 24.1 Å². The molecule has 1 unspecified atom stereocenters. The van der Waals surface area contributed by atoms with Gasteiger partial charge in [-0.05, 0) is 47.0 Å². The van der Waals surface area contributed by atoms with Gasteiger partial charge in [0.05, 0.1) is 6.04 Å². The van der Waals surface area contributed by atoms with Gasteiger partial charge in [-0.3, -0.25) is 5.21 Å². The van der Waals surface area contributed by atoms with Crippen LogP contribution in [0.2, 0.25) is 0 Å². The van der Waals surface area contributed by atoms with Crippen molar-refractivity contribution in [2.75, 3.05) is 0 Å². The number of rotatable bonds is 5. The SMILES string of the molecule is CC(c1ccc2cc(OCc3ccccc3)ccc2c1)N(O)C(N)=O. The van der Waals surface area contributed by atoms with Crippen molar-refractivity contribution < 1.29 is 14.7 Å². The van der Waals surface area contributed by atoms with Crippen molar-refractivity contribution in [3.05, 3.63) is 77.9 Å². The Hall–Kier alpha value is -3.05. The van der Waals surface area contributed by atoms with E-state index in [1.807, 2.05) is 66.7 Å². The van der Waals surface area contributed by atoms with Crippen LogP contribution < -0.4 is 10.5 Å². The van der Waals surface area contributed by atoms with E-state index in [2.05, 4.69) is 0 Å². The molecule has 3 N–H and O–H groups in total. The topological polar surface area (TPSA) is 75.8 Å². The lowest BCUT2D eigenvalue weighted by Crippen LogP contribution is -2.34. The second kappa shape index (κ2) is 7.23. The number of carbonyl (C=O) groups is 1. The molecule has 3 rings (SSSR count). The van der Waals surface area contributed by atoms with Gasteiger partial charge in [0.15, 0.2) is 0 Å². The van der Waals surface area contributed by atoms with Crippen LogP contribution in [0.3, 0.4) is 0 Å². The molecule has 0 aliphatic carbocycles. The molecule has 0 aliphatic heterocycles. The molecule has 0 radical (unpaired) electrons. The van der Waals surface area contributed by atoms with Gasteiger partial charge in [0, 0.05) is 0 Å². The third-order valence-electron chi connectivity index (χ3n) is 4.16. The number of benzene rings is 3. The molecular weight excluding hydrogens is 316 g/mol. The molecule has 25 heavy (non-hydrogen) atoms. The molecule has 0 spiro atoms. The highest BCUT2D eigenvalue weighted by molar-refractivity contribution is 5.84. The van der Waals surface area contributed by atoms with E-state index in [1.165, 1.54) is 0 Å². The summed E-state index contributed by atoms with van der Waals surface area (Å²) in [6, 6.07) is 20.1. The molecule has 0 aliphatic rings. The molecule has 0 heterocycles. The van der Waals surface area contributed by atoms with E-state index in [-0.39, 0.29) is 0 Å². The Morgan fingerprint density at radius 1 is 1.08 bits per heavy atom. The Morgan fingerprint density at radius 3 is 2.48 bits per heavy atom. The summed E-state index contributed by atoms with van der Waals surface area (Å²) >= 11 is 0. The molecule has 0 saturated heterocycles. The van der Waals surface area contributed by atoms with Crippen molar-refractivity contribution in [1.82, 2.24) is 5.06 Å². The molecule has 3 aromatic carbocycles. The summed E-state index contributed by atoms with van der Waals surface area (Å²) in [7, 11) is 0. The lowest BCUT2D eigenvalue weighted by atomic mass is 10.0. The smallest absolute Gasteiger partial charge is 0.339 e. The third-order valence-corrected chi connectivity index (χ3v) is 4.16. The first kappa shape index (κ1) is 16.8. The second-order valence-electron chi connectivity index (χ2n) is 5.90. The fourth-order valence-corrected chi connectivity index (χ4v) is 2.66. The summed E-state index contributed by atoms with van der Waals surface area (Å²) in [5, 5.41) is 12.2. The number of nitrogens with zero attached hydrogens (tertiary/aromatic N) is 1. The van der Waals surface area contributed by atoms with Crippen molar-refractivity contribution in [1.29, 1.82) is 0 Å². The fraction of sp³-hybridized carbons (Fsp3) is 0.150. The molecule has 128 valence electrons. The first-order valence-electron chi connectivity index (χ1n) is 8.02. The van der Waals surface area contributed by atoms with E-state index in [1.54, 1.807) is 6.92 Å². The molecule has 0 saturated carbocycles. The molecule has 1 atom stereocenters. The van der Waals surface area contributed by atoms with Gasteiger partial charge in [0.2, 0.25) is 0 Å². The molecule has 2 amide bonds. The average molecular weight is 336 g/mol. The molecule has 0 aromatic heterocycles. The highest BCUT2D eigenvalue weighted by Crippen LogP contribution is 2.26. The molecule has 0 fully saturated rings. The van der Waals surface area contributed by atoms with Crippen molar-refractivity contribution in [3.8, 4) is 5.75 Å². The maximum atomic E-state index is 11.1. The minimum atomic E-state index is -0.878. The normalized spacial score (nSPS) is 11.9. The predicted molar refractivity (Wildman–Crippen MR) is 96.3 cm³/mol. The first-order chi connectivity index (χ1) is 12.0. The zero-order valence-electron chi connectivity index (χ0n) is 13.9. The van der Waals surface area contributed by atoms with Gasteiger partial charge >= 0.3 is 6.03 Å². The van der Waals surface area contributed by atoms with Crippen LogP contribution in [0.15, 0.2) is 66.7 Å². The summed E-state index contributed by atoms with van der Waals surface area (Å²) < 4.78 is 5.84. The first-order valence-corrected chi connectivity index (χ1v) is 8.02. The number of hydrogen-bond donors (Lipinski definition) is 2. The van der Waals surface area contributed by atoms with Crippen molar-refractivity contribution >= 4 is 16.8 Å². The minimum absolute atomic E-state index is 0.513. The molecule has 5 heteroatoms. The summed E-state index contributed by atoms with van der Waals surface area (Å²) in [5.74, 6) is 0.790. The monoisotopic (exact) mass is 336 g/mol. The molecule has 5 nitrogen and oxygen atoms in total. The number of hydroxylamine groups is 2. The number of fused-ring (bicyclic) bond motifs is 1. The third kappa shape index (κ3) is 3.89. The van der Waals surface area contributed by atoms with Crippen LogP contribution in [-0.4, -0.2) is 16.3 Å². The standard InChI is InChI=1S/C20H20N2O3/c1-14(22(24)20(21)23)16-7-8-18-12-19(10-9-17(18)11-16)25-13-15-5-3-2-4-6-15/h2-12,14,24H,13H2,1H3,(H2,21,23).